The average Bonchev–Trinajstić information content (AvgIpc) is 2.42. The molecule has 0 spiro atoms. The molecular weight excluding hydrogens is 344 g/mol. The Morgan fingerprint density at radius 3 is 2.90 bits per heavy atom. The lowest BCUT2D eigenvalue weighted by molar-refractivity contribution is -0.116. The van der Waals surface area contributed by atoms with E-state index in [4.69, 9.17) is 5.11 Å². The first-order valence-electron chi connectivity index (χ1n) is 6.20. The number of nitrogens with one attached hydrogen (secondary N) is 2. The summed E-state index contributed by atoms with van der Waals surface area (Å²) in [7, 11) is 0. The molecule has 0 aromatic heterocycles. The smallest absolute Gasteiger partial charge is 0.335 e. The van der Waals surface area contributed by atoms with Crippen LogP contribution in [0.3, 0.4) is 0 Å². The van der Waals surface area contributed by atoms with Gasteiger partial charge in [-0.05, 0) is 34.1 Å². The molecule has 1 aromatic carbocycles. The van der Waals surface area contributed by atoms with Gasteiger partial charge in [0.25, 0.3) is 0 Å². The van der Waals surface area contributed by atoms with Gasteiger partial charge >= 0.3 is 5.97 Å². The second-order valence-corrected chi connectivity index (χ2v) is 6.48. The number of anilines is 1. The molecular formula is C13H15BrN2O3S. The van der Waals surface area contributed by atoms with Crippen LogP contribution in [0.4, 0.5) is 5.69 Å². The van der Waals surface area contributed by atoms with E-state index in [1.165, 1.54) is 12.1 Å². The van der Waals surface area contributed by atoms with Gasteiger partial charge in [-0.1, -0.05) is 0 Å². The molecule has 0 bridgehead atoms. The zero-order valence-electron chi connectivity index (χ0n) is 10.7. The summed E-state index contributed by atoms with van der Waals surface area (Å²) in [4.78, 5) is 22.8. The molecule has 1 aromatic rings. The standard InChI is InChI=1S/C13H15BrN2O3S/c14-10-5-8(13(18)19)1-2-11(10)16-12(17)6-9-7-20-4-3-15-9/h1-2,5,9,15H,3-4,6-7H2,(H,16,17)(H,18,19). The number of amides is 1. The van der Waals surface area contributed by atoms with Crippen molar-refractivity contribution >= 4 is 45.3 Å². The van der Waals surface area contributed by atoms with Crippen molar-refractivity contribution in [3.05, 3.63) is 28.2 Å². The van der Waals surface area contributed by atoms with Crippen LogP contribution >= 0.6 is 27.7 Å². The fourth-order valence-electron chi connectivity index (χ4n) is 1.93. The van der Waals surface area contributed by atoms with Crippen molar-refractivity contribution in [2.24, 2.45) is 0 Å². The largest absolute Gasteiger partial charge is 0.478 e. The van der Waals surface area contributed by atoms with Gasteiger partial charge in [-0.25, -0.2) is 4.79 Å². The highest BCUT2D eigenvalue weighted by Crippen LogP contribution is 2.24. The molecule has 3 N–H and O–H groups in total. The summed E-state index contributed by atoms with van der Waals surface area (Å²) < 4.78 is 0.566. The highest BCUT2D eigenvalue weighted by atomic mass is 79.9. The highest BCUT2D eigenvalue weighted by molar-refractivity contribution is 9.10. The topological polar surface area (TPSA) is 78.4 Å². The molecule has 7 heteroatoms. The first kappa shape index (κ1) is 15.3. The fraction of sp³-hybridized carbons (Fsp3) is 0.385. The molecule has 1 atom stereocenters. The minimum Gasteiger partial charge on any atom is -0.478 e. The number of carbonyl (C=O) groups is 2. The number of hydrogen-bond acceptors (Lipinski definition) is 4. The minimum atomic E-state index is -0.994. The lowest BCUT2D eigenvalue weighted by atomic mass is 10.2. The quantitative estimate of drug-likeness (QED) is 0.768. The Hall–Kier alpha value is -1.05. The van der Waals surface area contributed by atoms with Gasteiger partial charge in [-0.2, -0.15) is 11.8 Å². The number of rotatable bonds is 4. The molecule has 1 saturated heterocycles. The van der Waals surface area contributed by atoms with E-state index >= 15 is 0 Å². The first-order valence-corrected chi connectivity index (χ1v) is 8.15. The van der Waals surface area contributed by atoms with Crippen LogP contribution in [0.5, 0.6) is 0 Å². The molecule has 1 heterocycles. The lowest BCUT2D eigenvalue weighted by Crippen LogP contribution is -2.39. The number of carboxylic acids is 1. The van der Waals surface area contributed by atoms with Crippen LogP contribution in [-0.2, 0) is 4.79 Å². The predicted molar refractivity (Wildman–Crippen MR) is 83.5 cm³/mol. The van der Waals surface area contributed by atoms with Crippen LogP contribution < -0.4 is 10.6 Å². The molecule has 20 heavy (non-hydrogen) atoms. The van der Waals surface area contributed by atoms with Crippen LogP contribution in [0.1, 0.15) is 16.8 Å². The zero-order valence-corrected chi connectivity index (χ0v) is 13.1. The first-order chi connectivity index (χ1) is 9.56. The lowest BCUT2D eigenvalue weighted by Gasteiger charge is -2.22. The Morgan fingerprint density at radius 2 is 2.30 bits per heavy atom. The summed E-state index contributed by atoms with van der Waals surface area (Å²) in [5.74, 6) is 0.952. The summed E-state index contributed by atoms with van der Waals surface area (Å²) in [5, 5.41) is 15.0. The number of aromatic carboxylic acids is 1. The Labute approximate surface area is 129 Å². The van der Waals surface area contributed by atoms with Gasteiger partial charge in [0.05, 0.1) is 11.3 Å². The normalized spacial score (nSPS) is 18.6. The maximum atomic E-state index is 12.0. The number of carbonyl (C=O) groups excluding carboxylic acids is 1. The van der Waals surface area contributed by atoms with Crippen molar-refractivity contribution in [2.75, 3.05) is 23.4 Å². The molecule has 1 unspecified atom stereocenters. The summed E-state index contributed by atoms with van der Waals surface area (Å²) in [6.07, 6.45) is 0.417. The fourth-order valence-corrected chi connectivity index (χ4v) is 3.35. The molecule has 2 rings (SSSR count). The Kier molecular flexibility index (Phi) is 5.45. The third-order valence-electron chi connectivity index (χ3n) is 2.92. The molecule has 5 nitrogen and oxygen atoms in total. The number of carboxylic acid groups (broad SMARTS) is 1. The van der Waals surface area contributed by atoms with Crippen LogP contribution in [0.15, 0.2) is 22.7 Å². The highest BCUT2D eigenvalue weighted by Gasteiger charge is 2.17. The zero-order chi connectivity index (χ0) is 14.5. The summed E-state index contributed by atoms with van der Waals surface area (Å²) in [5.41, 5.74) is 0.767. The van der Waals surface area contributed by atoms with E-state index in [1.807, 2.05) is 11.8 Å². The minimum absolute atomic E-state index is 0.0752. The van der Waals surface area contributed by atoms with E-state index in [2.05, 4.69) is 26.6 Å². The van der Waals surface area contributed by atoms with E-state index in [0.29, 0.717) is 16.6 Å². The van der Waals surface area contributed by atoms with Crippen LogP contribution in [0, 0.1) is 0 Å². The van der Waals surface area contributed by atoms with Crippen LogP contribution in [0.2, 0.25) is 0 Å². The molecule has 108 valence electrons. The Morgan fingerprint density at radius 1 is 1.50 bits per heavy atom. The molecule has 0 radical (unpaired) electrons. The number of hydrogen-bond donors (Lipinski definition) is 3. The van der Waals surface area contributed by atoms with Gasteiger partial charge in [-0.15, -0.1) is 0 Å². The molecule has 1 aliphatic heterocycles. The van der Waals surface area contributed by atoms with E-state index in [9.17, 15) is 9.59 Å². The molecule has 0 aliphatic carbocycles. The van der Waals surface area contributed by atoms with Crippen molar-refractivity contribution in [3.8, 4) is 0 Å². The Bertz CT molecular complexity index is 518. The molecule has 0 saturated carbocycles. The predicted octanol–water partition coefficient (Wildman–Crippen LogP) is 2.18. The third kappa shape index (κ3) is 4.22. The summed E-state index contributed by atoms with van der Waals surface area (Å²) >= 11 is 5.11. The van der Waals surface area contributed by atoms with Crippen molar-refractivity contribution in [1.82, 2.24) is 5.32 Å². The molecule has 1 aliphatic rings. The number of benzene rings is 1. The van der Waals surface area contributed by atoms with Crippen molar-refractivity contribution < 1.29 is 14.7 Å². The molecule has 1 fully saturated rings. The monoisotopic (exact) mass is 358 g/mol. The van der Waals surface area contributed by atoms with Crippen LogP contribution in [0.25, 0.3) is 0 Å². The summed E-state index contributed by atoms with van der Waals surface area (Å²) in [6.45, 7) is 0.930. The van der Waals surface area contributed by atoms with E-state index in [-0.39, 0.29) is 17.5 Å². The van der Waals surface area contributed by atoms with E-state index in [1.54, 1.807) is 6.07 Å². The second kappa shape index (κ2) is 7.10. The molecule has 1 amide bonds. The number of thioether (sulfide) groups is 1. The maximum Gasteiger partial charge on any atom is 0.335 e. The van der Waals surface area contributed by atoms with E-state index in [0.717, 1.165) is 18.1 Å². The van der Waals surface area contributed by atoms with Crippen molar-refractivity contribution in [2.45, 2.75) is 12.5 Å². The van der Waals surface area contributed by atoms with Gasteiger partial charge in [0.2, 0.25) is 5.91 Å². The SMILES string of the molecule is O=C(CC1CSCCN1)Nc1ccc(C(=O)O)cc1Br. The summed E-state index contributed by atoms with van der Waals surface area (Å²) in [6, 6.07) is 4.74. The number of halogens is 1. The third-order valence-corrected chi connectivity index (χ3v) is 4.71. The van der Waals surface area contributed by atoms with E-state index < -0.39 is 5.97 Å². The van der Waals surface area contributed by atoms with Gasteiger partial charge in [-0.3, -0.25) is 4.79 Å². The van der Waals surface area contributed by atoms with Gasteiger partial charge in [0.1, 0.15) is 0 Å². The van der Waals surface area contributed by atoms with Gasteiger partial charge < -0.3 is 15.7 Å². The van der Waals surface area contributed by atoms with Crippen molar-refractivity contribution in [3.63, 3.8) is 0 Å². The van der Waals surface area contributed by atoms with Crippen LogP contribution in [-0.4, -0.2) is 41.1 Å². The Balaban J connectivity index is 1.95. The van der Waals surface area contributed by atoms with Gasteiger partial charge in [0, 0.05) is 35.0 Å². The van der Waals surface area contributed by atoms with Gasteiger partial charge in [0.15, 0.2) is 0 Å². The van der Waals surface area contributed by atoms with Crippen molar-refractivity contribution in [1.29, 1.82) is 0 Å². The maximum absolute atomic E-state index is 12.0. The second-order valence-electron chi connectivity index (χ2n) is 4.48. The average molecular weight is 359 g/mol.